The van der Waals surface area contributed by atoms with Crippen molar-refractivity contribution in [2.75, 3.05) is 18.2 Å². The third kappa shape index (κ3) is 4.51. The first kappa shape index (κ1) is 22.0. The van der Waals surface area contributed by atoms with Gasteiger partial charge in [-0.05, 0) is 60.0 Å². The molecule has 6 nitrogen and oxygen atoms in total. The van der Waals surface area contributed by atoms with Crippen LogP contribution in [0.5, 0.6) is 5.75 Å². The first-order valence-corrected chi connectivity index (χ1v) is 12.6. The van der Waals surface area contributed by atoms with Crippen molar-refractivity contribution in [1.29, 1.82) is 0 Å². The van der Waals surface area contributed by atoms with Gasteiger partial charge >= 0.3 is 0 Å². The van der Waals surface area contributed by atoms with Gasteiger partial charge in [0, 0.05) is 5.02 Å². The number of anilines is 1. The van der Waals surface area contributed by atoms with Crippen molar-refractivity contribution in [2.45, 2.75) is 23.9 Å². The Balaban J connectivity index is 1.47. The number of thiophene rings is 1. The van der Waals surface area contributed by atoms with Crippen molar-refractivity contribution >= 4 is 56.5 Å². The molecule has 1 aliphatic rings. The third-order valence-corrected chi connectivity index (χ3v) is 7.47. The lowest BCUT2D eigenvalue weighted by Gasteiger charge is -2.13. The largest absolute Gasteiger partial charge is 0.495 e. The number of methoxy groups -OCH3 is 1. The van der Waals surface area contributed by atoms with Crippen LogP contribution in [0.15, 0.2) is 63.9 Å². The minimum Gasteiger partial charge on any atom is -0.495 e. The Morgan fingerprint density at radius 3 is 2.79 bits per heavy atom. The molecule has 9 heteroatoms. The molecule has 0 unspecified atom stereocenters. The zero-order valence-electron chi connectivity index (χ0n) is 17.7. The monoisotopic (exact) mass is 497 g/mol. The van der Waals surface area contributed by atoms with Crippen LogP contribution in [-0.4, -0.2) is 28.3 Å². The molecule has 2 aromatic carbocycles. The summed E-state index contributed by atoms with van der Waals surface area (Å²) in [6.45, 7) is 0. The fourth-order valence-electron chi connectivity index (χ4n) is 3.68. The maximum Gasteiger partial charge on any atom is 0.267 e. The number of nitrogens with one attached hydrogen (secondary N) is 1. The van der Waals surface area contributed by atoms with Gasteiger partial charge in [0.25, 0.3) is 5.56 Å². The molecule has 5 rings (SSSR count). The van der Waals surface area contributed by atoms with Crippen molar-refractivity contribution < 1.29 is 9.53 Å². The summed E-state index contributed by atoms with van der Waals surface area (Å²) in [7, 11) is 1.53. The average molecular weight is 498 g/mol. The van der Waals surface area contributed by atoms with Crippen LogP contribution in [-0.2, 0) is 4.79 Å². The standard InChI is InChI=1S/C24H20ClN3O3S2/c1-31-19-10-9-15(25)11-18(19)26-20(29)13-33-24-27-22-21(17(12-32-22)14-7-8-14)23(30)28(24)16-5-3-2-4-6-16/h2-6,9-12,14H,7-8,13H2,1H3,(H,26,29). The van der Waals surface area contributed by atoms with Gasteiger partial charge in [-0.15, -0.1) is 11.3 Å². The third-order valence-electron chi connectivity index (χ3n) is 5.41. The molecule has 0 aliphatic heterocycles. The number of rotatable bonds is 7. The number of hydrogen-bond acceptors (Lipinski definition) is 6. The zero-order valence-corrected chi connectivity index (χ0v) is 20.1. The lowest BCUT2D eigenvalue weighted by Crippen LogP contribution is -2.23. The SMILES string of the molecule is COc1ccc(Cl)cc1NC(=O)CSc1nc2scc(C3CC3)c2c(=O)n1-c1ccccc1. The minimum atomic E-state index is -0.251. The van der Waals surface area contributed by atoms with Gasteiger partial charge in [-0.25, -0.2) is 4.98 Å². The number of thioether (sulfide) groups is 1. The van der Waals surface area contributed by atoms with Crippen LogP contribution >= 0.6 is 34.7 Å². The first-order chi connectivity index (χ1) is 16.0. The van der Waals surface area contributed by atoms with Gasteiger partial charge in [0.1, 0.15) is 10.6 Å². The number of amides is 1. The molecule has 168 valence electrons. The predicted molar refractivity (Wildman–Crippen MR) is 135 cm³/mol. The molecule has 0 bridgehead atoms. The maximum absolute atomic E-state index is 13.6. The highest BCUT2D eigenvalue weighted by molar-refractivity contribution is 7.99. The van der Waals surface area contributed by atoms with Gasteiger partial charge < -0.3 is 10.1 Å². The van der Waals surface area contributed by atoms with Gasteiger partial charge in [0.05, 0.1) is 29.6 Å². The van der Waals surface area contributed by atoms with Gasteiger partial charge in [-0.2, -0.15) is 0 Å². The van der Waals surface area contributed by atoms with E-state index in [9.17, 15) is 9.59 Å². The molecule has 1 aliphatic carbocycles. The highest BCUT2D eigenvalue weighted by Gasteiger charge is 2.29. The molecule has 0 atom stereocenters. The fraction of sp³-hybridized carbons (Fsp3) is 0.208. The summed E-state index contributed by atoms with van der Waals surface area (Å²) in [6.07, 6.45) is 2.22. The second-order valence-corrected chi connectivity index (χ2v) is 9.93. The summed E-state index contributed by atoms with van der Waals surface area (Å²) in [5.41, 5.74) is 2.23. The van der Waals surface area contributed by atoms with Crippen molar-refractivity contribution in [1.82, 2.24) is 9.55 Å². The van der Waals surface area contributed by atoms with Crippen LogP contribution < -0.4 is 15.6 Å². The summed E-state index contributed by atoms with van der Waals surface area (Å²) in [5, 5.41) is 6.56. The molecule has 0 radical (unpaired) electrons. The number of halogens is 1. The van der Waals surface area contributed by atoms with E-state index in [0.29, 0.717) is 37.8 Å². The number of benzene rings is 2. The molecule has 0 spiro atoms. The van der Waals surface area contributed by atoms with Gasteiger partial charge in [0.15, 0.2) is 5.16 Å². The molecular weight excluding hydrogens is 478 g/mol. The van der Waals surface area contributed by atoms with Crippen LogP contribution in [0.25, 0.3) is 15.9 Å². The number of hydrogen-bond donors (Lipinski definition) is 1. The molecule has 1 fully saturated rings. The first-order valence-electron chi connectivity index (χ1n) is 10.4. The number of fused-ring (bicyclic) bond motifs is 1. The van der Waals surface area contributed by atoms with E-state index in [-0.39, 0.29) is 17.2 Å². The number of carbonyl (C=O) groups excluding carboxylic acids is 1. The number of ether oxygens (including phenoxy) is 1. The fourth-order valence-corrected chi connectivity index (χ4v) is 5.73. The lowest BCUT2D eigenvalue weighted by atomic mass is 10.1. The molecule has 1 amide bonds. The molecule has 2 heterocycles. The molecule has 2 aromatic heterocycles. The smallest absolute Gasteiger partial charge is 0.267 e. The van der Waals surface area contributed by atoms with Gasteiger partial charge in [0.2, 0.25) is 5.91 Å². The van der Waals surface area contributed by atoms with E-state index in [4.69, 9.17) is 21.3 Å². The Morgan fingerprint density at radius 1 is 1.27 bits per heavy atom. The normalized spacial score (nSPS) is 13.3. The topological polar surface area (TPSA) is 73.2 Å². The van der Waals surface area contributed by atoms with E-state index in [1.807, 2.05) is 30.3 Å². The van der Waals surface area contributed by atoms with E-state index in [1.165, 1.54) is 30.2 Å². The van der Waals surface area contributed by atoms with Crippen LogP contribution in [0, 0.1) is 0 Å². The number of para-hydroxylation sites is 1. The van der Waals surface area contributed by atoms with Gasteiger partial charge in [-0.1, -0.05) is 41.6 Å². The molecule has 1 saturated carbocycles. The van der Waals surface area contributed by atoms with E-state index >= 15 is 0 Å². The number of carbonyl (C=O) groups is 1. The molecule has 0 saturated heterocycles. The van der Waals surface area contributed by atoms with E-state index < -0.39 is 0 Å². The van der Waals surface area contributed by atoms with Crippen LogP contribution in [0.4, 0.5) is 5.69 Å². The molecule has 33 heavy (non-hydrogen) atoms. The van der Waals surface area contributed by atoms with Crippen LogP contribution in [0.1, 0.15) is 24.3 Å². The van der Waals surface area contributed by atoms with Crippen LogP contribution in [0.2, 0.25) is 5.02 Å². The summed E-state index contributed by atoms with van der Waals surface area (Å²) in [5.74, 6) is 0.792. The van der Waals surface area contributed by atoms with E-state index in [1.54, 1.807) is 22.8 Å². The predicted octanol–water partition coefficient (Wildman–Crippen LogP) is 5.72. The second-order valence-electron chi connectivity index (χ2n) is 7.70. The second kappa shape index (κ2) is 9.21. The summed E-state index contributed by atoms with van der Waals surface area (Å²) < 4.78 is 6.90. The van der Waals surface area contributed by atoms with Crippen LogP contribution in [0.3, 0.4) is 0 Å². The lowest BCUT2D eigenvalue weighted by molar-refractivity contribution is -0.113. The van der Waals surface area contributed by atoms with Crippen molar-refractivity contribution in [3.05, 3.63) is 74.9 Å². The number of nitrogens with zero attached hydrogens (tertiary/aromatic N) is 2. The van der Waals surface area contributed by atoms with Crippen molar-refractivity contribution in [2.24, 2.45) is 0 Å². The molecule has 4 aromatic rings. The Labute approximate surface area is 203 Å². The zero-order chi connectivity index (χ0) is 22.9. The number of aromatic nitrogens is 2. The highest BCUT2D eigenvalue weighted by Crippen LogP contribution is 2.44. The van der Waals surface area contributed by atoms with Gasteiger partial charge in [-0.3, -0.25) is 14.2 Å². The average Bonchev–Trinajstić information content (AvgIpc) is 3.57. The highest BCUT2D eigenvalue weighted by atomic mass is 35.5. The van der Waals surface area contributed by atoms with E-state index in [0.717, 1.165) is 24.1 Å². The summed E-state index contributed by atoms with van der Waals surface area (Å²) in [4.78, 5) is 31.8. The molecule has 1 N–H and O–H groups in total. The summed E-state index contributed by atoms with van der Waals surface area (Å²) in [6, 6.07) is 14.4. The van der Waals surface area contributed by atoms with Crippen molar-refractivity contribution in [3.8, 4) is 11.4 Å². The van der Waals surface area contributed by atoms with Crippen molar-refractivity contribution in [3.63, 3.8) is 0 Å². The molecular formula is C24H20ClN3O3S2. The maximum atomic E-state index is 13.6. The Hall–Kier alpha value is -2.81. The quantitative estimate of drug-likeness (QED) is 0.261. The Bertz CT molecular complexity index is 1400. The Morgan fingerprint density at radius 2 is 2.06 bits per heavy atom. The van der Waals surface area contributed by atoms with E-state index in [2.05, 4.69) is 10.7 Å². The minimum absolute atomic E-state index is 0.0707. The Kier molecular flexibility index (Phi) is 6.14. The summed E-state index contributed by atoms with van der Waals surface area (Å²) >= 11 is 8.77.